The van der Waals surface area contributed by atoms with Crippen molar-refractivity contribution in [3.05, 3.63) is 57.8 Å². The Morgan fingerprint density at radius 3 is 2.71 bits per heavy atom. The normalized spacial score (nSPS) is 15.6. The van der Waals surface area contributed by atoms with Crippen LogP contribution < -0.4 is 5.32 Å². The molecule has 1 aliphatic rings. The number of urea groups is 1. The van der Waals surface area contributed by atoms with Gasteiger partial charge in [0.15, 0.2) is 0 Å². The molecule has 31 heavy (non-hydrogen) atoms. The van der Waals surface area contributed by atoms with Crippen LogP contribution in [0.4, 0.5) is 4.79 Å². The molecule has 3 rings (SSSR count). The van der Waals surface area contributed by atoms with Gasteiger partial charge in [-0.25, -0.2) is 9.80 Å². The maximum Gasteiger partial charge on any atom is 0.317 e. The van der Waals surface area contributed by atoms with Crippen LogP contribution in [-0.4, -0.2) is 60.9 Å². The monoisotopic (exact) mass is 442 g/mol. The highest BCUT2D eigenvalue weighted by molar-refractivity contribution is 7.12. The second kappa shape index (κ2) is 11.1. The van der Waals surface area contributed by atoms with E-state index in [9.17, 15) is 9.59 Å². The van der Waals surface area contributed by atoms with Crippen LogP contribution in [0, 0.1) is 6.92 Å². The van der Waals surface area contributed by atoms with Gasteiger partial charge >= 0.3 is 6.03 Å². The van der Waals surface area contributed by atoms with Crippen LogP contribution in [0.15, 0.2) is 46.9 Å². The van der Waals surface area contributed by atoms with Gasteiger partial charge in [0.2, 0.25) is 0 Å². The number of rotatable bonds is 9. The number of carbonyl (C=O) groups is 2. The first-order valence-electron chi connectivity index (χ1n) is 10.5. The average molecular weight is 443 g/mol. The molecular weight excluding hydrogens is 412 g/mol. The number of methoxy groups -OCH3 is 1. The summed E-state index contributed by atoms with van der Waals surface area (Å²) in [6, 6.07) is 11.7. The van der Waals surface area contributed by atoms with Gasteiger partial charge in [0, 0.05) is 26.6 Å². The Kier molecular flexibility index (Phi) is 8.20. The van der Waals surface area contributed by atoms with E-state index in [1.807, 2.05) is 55.6 Å². The SMILES string of the molecule is CCCNC(=O)N(CCOC)CC(=O)N1N=C(c2cccs2)CC1c1ccc(C)cc1. The smallest absolute Gasteiger partial charge is 0.317 e. The number of hydrogen-bond donors (Lipinski definition) is 1. The molecule has 1 N–H and O–H groups in total. The zero-order valence-electron chi connectivity index (χ0n) is 18.3. The third kappa shape index (κ3) is 5.92. The maximum atomic E-state index is 13.3. The number of benzene rings is 1. The average Bonchev–Trinajstić information content (AvgIpc) is 3.45. The third-order valence-electron chi connectivity index (χ3n) is 5.14. The van der Waals surface area contributed by atoms with Crippen molar-refractivity contribution in [1.82, 2.24) is 15.2 Å². The van der Waals surface area contributed by atoms with Crippen molar-refractivity contribution in [2.75, 3.05) is 33.4 Å². The summed E-state index contributed by atoms with van der Waals surface area (Å²) in [6.45, 7) is 5.23. The lowest BCUT2D eigenvalue weighted by Crippen LogP contribution is -2.47. The number of ether oxygens (including phenoxy) is 1. The molecule has 0 saturated carbocycles. The first-order valence-corrected chi connectivity index (χ1v) is 11.4. The molecule has 2 aromatic rings. The fourth-order valence-corrected chi connectivity index (χ4v) is 4.13. The molecule has 1 aromatic heterocycles. The first kappa shape index (κ1) is 23.0. The van der Waals surface area contributed by atoms with Crippen molar-refractivity contribution in [2.45, 2.75) is 32.7 Å². The van der Waals surface area contributed by atoms with Gasteiger partial charge in [-0.1, -0.05) is 42.8 Å². The lowest BCUT2D eigenvalue weighted by Gasteiger charge is -2.27. The summed E-state index contributed by atoms with van der Waals surface area (Å²) < 4.78 is 5.13. The molecule has 0 saturated heterocycles. The number of aryl methyl sites for hydroxylation is 1. The lowest BCUT2D eigenvalue weighted by atomic mass is 10.00. The number of nitrogens with one attached hydrogen (secondary N) is 1. The Morgan fingerprint density at radius 2 is 2.06 bits per heavy atom. The van der Waals surface area contributed by atoms with Gasteiger partial charge in [-0.2, -0.15) is 5.10 Å². The quantitative estimate of drug-likeness (QED) is 0.642. The Morgan fingerprint density at radius 1 is 1.29 bits per heavy atom. The summed E-state index contributed by atoms with van der Waals surface area (Å²) in [5.41, 5.74) is 3.10. The number of thiophene rings is 1. The summed E-state index contributed by atoms with van der Waals surface area (Å²) in [7, 11) is 1.58. The molecule has 3 amide bonds. The van der Waals surface area contributed by atoms with Crippen molar-refractivity contribution in [3.8, 4) is 0 Å². The molecular formula is C23H30N4O3S. The standard InChI is InChI=1S/C23H30N4O3S/c1-4-11-24-23(29)26(12-13-30-3)16-22(28)27-20(18-9-7-17(2)8-10-18)15-19(25-27)21-6-5-14-31-21/h5-10,14,20H,4,11-13,15-16H2,1-3H3,(H,24,29). The minimum absolute atomic E-state index is 0.0531. The number of hydrogen-bond acceptors (Lipinski definition) is 5. The van der Waals surface area contributed by atoms with Crippen molar-refractivity contribution in [1.29, 1.82) is 0 Å². The molecule has 1 unspecified atom stereocenters. The van der Waals surface area contributed by atoms with E-state index in [1.54, 1.807) is 23.5 Å². The summed E-state index contributed by atoms with van der Waals surface area (Å²) in [5, 5.41) is 11.1. The van der Waals surface area contributed by atoms with Gasteiger partial charge in [-0.15, -0.1) is 11.3 Å². The van der Waals surface area contributed by atoms with E-state index in [1.165, 1.54) is 4.90 Å². The van der Waals surface area contributed by atoms with Gasteiger partial charge in [-0.3, -0.25) is 4.79 Å². The number of nitrogens with zero attached hydrogens (tertiary/aromatic N) is 3. The molecule has 0 radical (unpaired) electrons. The highest BCUT2D eigenvalue weighted by atomic mass is 32.1. The summed E-state index contributed by atoms with van der Waals surface area (Å²) in [5.74, 6) is -0.208. The molecule has 0 aliphatic carbocycles. The molecule has 8 heteroatoms. The zero-order valence-corrected chi connectivity index (χ0v) is 19.2. The summed E-state index contributed by atoms with van der Waals surface area (Å²) >= 11 is 1.61. The Hall–Kier alpha value is -2.71. The fourth-order valence-electron chi connectivity index (χ4n) is 3.41. The van der Waals surface area contributed by atoms with Gasteiger partial charge < -0.3 is 15.0 Å². The molecule has 7 nitrogen and oxygen atoms in total. The highest BCUT2D eigenvalue weighted by Crippen LogP contribution is 2.34. The Labute approximate surface area is 187 Å². The predicted molar refractivity (Wildman–Crippen MR) is 123 cm³/mol. The van der Waals surface area contributed by atoms with Crippen molar-refractivity contribution < 1.29 is 14.3 Å². The molecule has 166 valence electrons. The van der Waals surface area contributed by atoms with E-state index in [0.29, 0.717) is 26.1 Å². The second-order valence-electron chi connectivity index (χ2n) is 7.54. The summed E-state index contributed by atoms with van der Waals surface area (Å²) in [4.78, 5) is 28.4. The van der Waals surface area contributed by atoms with E-state index < -0.39 is 0 Å². The minimum atomic E-state index is -0.263. The first-order chi connectivity index (χ1) is 15.0. The van der Waals surface area contributed by atoms with Crippen LogP contribution in [0.2, 0.25) is 0 Å². The van der Waals surface area contributed by atoms with E-state index in [-0.39, 0.29) is 24.5 Å². The third-order valence-corrected chi connectivity index (χ3v) is 6.06. The second-order valence-corrected chi connectivity index (χ2v) is 8.49. The Bertz CT molecular complexity index is 896. The zero-order chi connectivity index (χ0) is 22.2. The van der Waals surface area contributed by atoms with Crippen molar-refractivity contribution >= 4 is 29.0 Å². The number of carbonyl (C=O) groups excluding carboxylic acids is 2. The lowest BCUT2D eigenvalue weighted by molar-refractivity contribution is -0.133. The van der Waals surface area contributed by atoms with E-state index in [4.69, 9.17) is 4.74 Å². The highest BCUT2D eigenvalue weighted by Gasteiger charge is 2.34. The minimum Gasteiger partial charge on any atom is -0.383 e. The van der Waals surface area contributed by atoms with Crippen molar-refractivity contribution in [3.63, 3.8) is 0 Å². The van der Waals surface area contributed by atoms with Gasteiger partial charge in [0.1, 0.15) is 6.54 Å². The van der Waals surface area contributed by atoms with E-state index in [0.717, 1.165) is 28.1 Å². The molecule has 1 atom stereocenters. The van der Waals surface area contributed by atoms with Gasteiger partial charge in [0.25, 0.3) is 5.91 Å². The van der Waals surface area contributed by atoms with Crippen LogP contribution in [0.25, 0.3) is 0 Å². The molecule has 1 aliphatic heterocycles. The molecule has 0 fully saturated rings. The van der Waals surface area contributed by atoms with Crippen LogP contribution in [0.5, 0.6) is 0 Å². The van der Waals surface area contributed by atoms with Gasteiger partial charge in [0.05, 0.1) is 23.2 Å². The number of hydrazone groups is 1. The topological polar surface area (TPSA) is 74.2 Å². The fraction of sp³-hybridized carbons (Fsp3) is 0.435. The van der Waals surface area contributed by atoms with Crippen LogP contribution in [-0.2, 0) is 9.53 Å². The number of amides is 3. The molecule has 2 heterocycles. The van der Waals surface area contributed by atoms with E-state index >= 15 is 0 Å². The van der Waals surface area contributed by atoms with Crippen LogP contribution in [0.1, 0.15) is 41.8 Å². The maximum absolute atomic E-state index is 13.3. The van der Waals surface area contributed by atoms with Gasteiger partial charge in [-0.05, 0) is 30.4 Å². The molecule has 1 aromatic carbocycles. The molecule has 0 bridgehead atoms. The van der Waals surface area contributed by atoms with Crippen LogP contribution in [0.3, 0.4) is 0 Å². The molecule has 0 spiro atoms. The predicted octanol–water partition coefficient (Wildman–Crippen LogP) is 3.80. The summed E-state index contributed by atoms with van der Waals surface area (Å²) in [6.07, 6.45) is 1.48. The Balaban J connectivity index is 1.82. The van der Waals surface area contributed by atoms with Crippen LogP contribution >= 0.6 is 11.3 Å². The van der Waals surface area contributed by atoms with Crippen molar-refractivity contribution in [2.24, 2.45) is 5.10 Å². The van der Waals surface area contributed by atoms with E-state index in [2.05, 4.69) is 10.4 Å². The largest absolute Gasteiger partial charge is 0.383 e.